The average Bonchev–Trinajstić information content (AvgIpc) is 0.825. The van der Waals surface area contributed by atoms with Crippen LogP contribution in [0.3, 0.4) is 0 Å². The van der Waals surface area contributed by atoms with Crippen LogP contribution in [0, 0.1) is 75.0 Å². The normalized spacial score (nSPS) is 13.2. The minimum absolute atomic E-state index is 0. The summed E-state index contributed by atoms with van der Waals surface area (Å²) in [6.07, 6.45) is 9.70. The number of terminal acetylenes is 1. The van der Waals surface area contributed by atoms with E-state index in [4.69, 9.17) is 17.3 Å². The van der Waals surface area contributed by atoms with Gasteiger partial charge in [0.15, 0.2) is 0 Å². The Balaban J connectivity index is 0.000000164. The minimum Gasteiger partial charge on any atom is -0.400 e. The molecule has 0 bridgehead atoms. The third-order valence-electron chi connectivity index (χ3n) is 16.7. The standard InChI is InChI=1S/C28H25N3.C18H16N2O2.C18H18N2.C12H13N.C6H4BrNO2.CH4O.CH4/c1-21-18-28(26-13-4-5-14-27(26)29-21)30-25-12-6-8-22(19-25)9-7-16-31-17-15-23-10-2-3-11-24(23)20-31;21-20(22)18-9-3-5-15(13-18)6-4-11-19-12-10-16-7-1-2-8-17(16)14-19;19-18-9-3-5-15(13-18)6-4-11-20-12-10-16-7-1-2-8-17(16)14-20;1-2-8-13-9-7-11-5-3-4-6-12(11)10-13;7-5-2-1-3-6(4-5)8(9)10;1-2;/h2-6,8,10-14,18-19H,15-17,20H2,1H3,(H,29,30);1-3,5,7-9,13H,10-12,14H2;1-3,5,7-9,13H,10-12,14,19H2;1,3-6H,7-10H2;1-4H;2H,1H3;1H4. The highest BCUT2D eigenvalue weighted by Gasteiger charge is 2.18. The quantitative estimate of drug-likeness (QED) is 0.0570. The average molecular weight is 1380 g/mol. The minimum atomic E-state index is -0.426. The second-order valence-corrected chi connectivity index (χ2v) is 24.6. The molecule has 502 valence electrons. The van der Waals surface area contributed by atoms with Gasteiger partial charge in [-0.2, -0.15) is 0 Å². The van der Waals surface area contributed by atoms with Gasteiger partial charge in [-0.15, -0.1) is 6.42 Å². The lowest BCUT2D eigenvalue weighted by Gasteiger charge is -2.26. The van der Waals surface area contributed by atoms with Crippen LogP contribution in [0.1, 0.15) is 74.3 Å². The lowest BCUT2D eigenvalue weighted by molar-refractivity contribution is -0.385. The SMILES string of the molecule is C.C#CCN1CCc2ccccc2C1.CO.Cc1cc(Nc2cccc(C#CCN3CCc4ccccc4C3)c2)c2ccccc2n1.Nc1cccc(C#CCN2CCc3ccccc3C2)c1.O=[N+]([O-])c1cccc(Br)c1.O=[N+]([O-])c1cccc(C#CCN2CCc3ccccc3C2)c1. The smallest absolute Gasteiger partial charge is 0.270 e. The molecule has 0 amide bonds. The number of non-ortho nitro benzene ring substituents is 2. The van der Waals surface area contributed by atoms with Crippen molar-refractivity contribution in [3.8, 4) is 47.9 Å². The van der Waals surface area contributed by atoms with Crippen LogP contribution in [0.5, 0.6) is 0 Å². The van der Waals surface area contributed by atoms with Crippen LogP contribution >= 0.6 is 15.9 Å². The first-order valence-corrected chi connectivity index (χ1v) is 33.4. The first-order valence-electron chi connectivity index (χ1n) is 32.6. The molecule has 0 radical (unpaired) electrons. The van der Waals surface area contributed by atoms with Crippen LogP contribution in [-0.2, 0) is 51.9 Å². The Bertz CT molecular complexity index is 4590. The summed E-state index contributed by atoms with van der Waals surface area (Å²) in [6, 6.07) is 73.6. The number of rotatable bonds is 8. The van der Waals surface area contributed by atoms with Gasteiger partial charge in [-0.1, -0.05) is 204 Å². The van der Waals surface area contributed by atoms with Gasteiger partial charge in [0.25, 0.3) is 11.4 Å². The number of hydrogen-bond donors (Lipinski definition) is 3. The van der Waals surface area contributed by atoms with Gasteiger partial charge in [0.2, 0.25) is 0 Å². The third kappa shape index (κ3) is 23.3. The number of aromatic nitrogens is 1. The molecule has 10 aromatic rings. The van der Waals surface area contributed by atoms with Crippen molar-refractivity contribution in [1.29, 1.82) is 0 Å². The van der Waals surface area contributed by atoms with Crippen LogP contribution in [0.4, 0.5) is 28.4 Å². The highest BCUT2D eigenvalue weighted by molar-refractivity contribution is 9.10. The number of benzene rings is 9. The molecule has 99 heavy (non-hydrogen) atoms. The third-order valence-corrected chi connectivity index (χ3v) is 17.2. The van der Waals surface area contributed by atoms with E-state index in [1.165, 1.54) is 68.8 Å². The molecule has 0 spiro atoms. The molecule has 0 saturated heterocycles. The number of nitrogen functional groups attached to an aromatic ring is 1. The van der Waals surface area contributed by atoms with Gasteiger partial charge < -0.3 is 16.2 Å². The number of pyridine rings is 1. The number of aliphatic hydroxyl groups excluding tert-OH is 1. The Morgan fingerprint density at radius 2 is 0.869 bits per heavy atom. The predicted molar refractivity (Wildman–Crippen MR) is 407 cm³/mol. The zero-order valence-corrected chi connectivity index (χ0v) is 57.0. The van der Waals surface area contributed by atoms with E-state index < -0.39 is 9.85 Å². The van der Waals surface area contributed by atoms with Crippen molar-refractivity contribution in [3.05, 3.63) is 316 Å². The molecular weight excluding hydrogens is 1290 g/mol. The second-order valence-electron chi connectivity index (χ2n) is 23.7. The van der Waals surface area contributed by atoms with Gasteiger partial charge in [0, 0.05) is 133 Å². The van der Waals surface area contributed by atoms with E-state index in [9.17, 15) is 20.2 Å². The van der Waals surface area contributed by atoms with Gasteiger partial charge in [0.1, 0.15) is 0 Å². The van der Waals surface area contributed by atoms with Gasteiger partial charge in [0.05, 0.1) is 41.5 Å². The highest BCUT2D eigenvalue weighted by Crippen LogP contribution is 2.28. The summed E-state index contributed by atoms with van der Waals surface area (Å²) in [5.41, 5.74) is 25.0. The number of nitro benzene ring substituents is 2. The fourth-order valence-electron chi connectivity index (χ4n) is 11.8. The number of hydrogen-bond acceptors (Lipinski definition) is 12. The molecule has 0 unspecified atom stereocenters. The summed E-state index contributed by atoms with van der Waals surface area (Å²) in [4.78, 5) is 34.1. The van der Waals surface area contributed by atoms with Crippen molar-refractivity contribution in [2.24, 2.45) is 0 Å². The summed E-state index contributed by atoms with van der Waals surface area (Å²) in [5, 5.41) is 32.6. The van der Waals surface area contributed by atoms with E-state index in [0.29, 0.717) is 12.1 Å². The van der Waals surface area contributed by atoms with Gasteiger partial charge in [-0.05, 0) is 138 Å². The van der Waals surface area contributed by atoms with Crippen molar-refractivity contribution >= 4 is 55.3 Å². The van der Waals surface area contributed by atoms with E-state index in [-0.39, 0.29) is 18.8 Å². The Labute approximate surface area is 592 Å². The van der Waals surface area contributed by atoms with Crippen LogP contribution in [0.2, 0.25) is 0 Å². The number of nitrogens with zero attached hydrogens (tertiary/aromatic N) is 7. The summed E-state index contributed by atoms with van der Waals surface area (Å²) in [6.45, 7) is 13.3. The summed E-state index contributed by atoms with van der Waals surface area (Å²) in [7, 11) is 1.00. The van der Waals surface area contributed by atoms with Crippen molar-refractivity contribution in [2.45, 2.75) is 66.2 Å². The largest absolute Gasteiger partial charge is 0.400 e. The lowest BCUT2D eigenvalue weighted by atomic mass is 10.00. The molecule has 4 aliphatic rings. The fraction of sp³-hybridized carbons (Fsp3) is 0.226. The second kappa shape index (κ2) is 38.9. The van der Waals surface area contributed by atoms with Gasteiger partial charge in [-0.3, -0.25) is 44.8 Å². The molecule has 15 heteroatoms. The van der Waals surface area contributed by atoms with Crippen LogP contribution < -0.4 is 11.1 Å². The van der Waals surface area contributed by atoms with E-state index in [1.54, 1.807) is 24.3 Å². The topological polar surface area (TPSA) is 170 Å². The molecule has 4 N–H and O–H groups in total. The van der Waals surface area contributed by atoms with E-state index in [2.05, 4.69) is 227 Å². The zero-order valence-electron chi connectivity index (χ0n) is 55.4. The Morgan fingerprint density at radius 1 is 0.485 bits per heavy atom. The van der Waals surface area contributed by atoms with E-state index in [0.717, 1.165) is 154 Å². The Hall–Kier alpha value is -10.7. The van der Waals surface area contributed by atoms with Crippen molar-refractivity contribution in [2.75, 3.05) is 70.5 Å². The zero-order chi connectivity index (χ0) is 68.9. The molecule has 9 aromatic carbocycles. The maximum Gasteiger partial charge on any atom is 0.270 e. The van der Waals surface area contributed by atoms with Crippen molar-refractivity contribution in [1.82, 2.24) is 24.6 Å². The van der Waals surface area contributed by atoms with E-state index >= 15 is 0 Å². The van der Waals surface area contributed by atoms with Crippen LogP contribution in [-0.4, -0.2) is 99.0 Å². The molecule has 0 atom stereocenters. The first-order chi connectivity index (χ1) is 47.9. The van der Waals surface area contributed by atoms with Crippen molar-refractivity contribution in [3.63, 3.8) is 0 Å². The number of nitrogens with one attached hydrogen (secondary N) is 1. The predicted octanol–water partition coefficient (Wildman–Crippen LogP) is 15.7. The Morgan fingerprint density at radius 3 is 1.30 bits per heavy atom. The summed E-state index contributed by atoms with van der Waals surface area (Å²) < 4.78 is 0.724. The number of aryl methyl sites for hydroxylation is 1. The maximum absolute atomic E-state index is 10.7. The monoisotopic (exact) mass is 1380 g/mol. The molecule has 0 saturated carbocycles. The molecule has 1 aromatic heterocycles. The molecule has 14 rings (SSSR count). The molecular formula is C84H84BrN9O5. The number of nitro groups is 2. The van der Waals surface area contributed by atoms with Gasteiger partial charge in [-0.25, -0.2) is 0 Å². The lowest BCUT2D eigenvalue weighted by Crippen LogP contribution is -2.30. The van der Waals surface area contributed by atoms with Crippen molar-refractivity contribution < 1.29 is 15.0 Å². The van der Waals surface area contributed by atoms with Crippen LogP contribution in [0.15, 0.2) is 229 Å². The number of para-hydroxylation sites is 1. The molecule has 5 heterocycles. The number of aliphatic hydroxyl groups is 1. The maximum atomic E-state index is 10.7. The molecule has 0 fully saturated rings. The summed E-state index contributed by atoms with van der Waals surface area (Å²) >= 11 is 3.13. The Kier molecular flexibility index (Phi) is 29.1. The van der Waals surface area contributed by atoms with E-state index in [1.807, 2.05) is 43.3 Å². The number of fused-ring (bicyclic) bond motifs is 5. The molecule has 14 nitrogen and oxygen atoms in total. The van der Waals surface area contributed by atoms with Crippen LogP contribution in [0.25, 0.3) is 10.9 Å². The van der Waals surface area contributed by atoms with Gasteiger partial charge >= 0.3 is 0 Å². The fourth-order valence-corrected chi connectivity index (χ4v) is 12.2. The molecule has 4 aliphatic heterocycles. The summed E-state index contributed by atoms with van der Waals surface area (Å²) in [5.74, 6) is 22.0. The first kappa shape index (κ1) is 74.1. The number of anilines is 3. The number of nitrogens with two attached hydrogens (primary N) is 1. The number of halogens is 1. The molecule has 0 aliphatic carbocycles. The highest BCUT2D eigenvalue weighted by atomic mass is 79.9.